The van der Waals surface area contributed by atoms with Crippen molar-refractivity contribution in [1.29, 1.82) is 0 Å². The van der Waals surface area contributed by atoms with Crippen LogP contribution < -0.4 is 5.32 Å². The van der Waals surface area contributed by atoms with E-state index < -0.39 is 20.8 Å². The molecule has 1 aromatic rings. The van der Waals surface area contributed by atoms with Gasteiger partial charge in [-0.25, -0.2) is 8.42 Å². The Balaban J connectivity index is 2.12. The lowest BCUT2D eigenvalue weighted by atomic mass is 10.2. The third kappa shape index (κ3) is 4.35. The average Bonchev–Trinajstić information content (AvgIpc) is 2.48. The van der Waals surface area contributed by atoms with E-state index in [-0.39, 0.29) is 0 Å². The SMILES string of the molecule is CCCNCc1cccc(S(=O)(=O)N2CCS(=O)CC2)c1. The molecule has 1 aromatic carbocycles. The van der Waals surface area contributed by atoms with Gasteiger partial charge in [-0.15, -0.1) is 0 Å². The predicted molar refractivity (Wildman–Crippen MR) is 85.1 cm³/mol. The van der Waals surface area contributed by atoms with E-state index in [1.807, 2.05) is 6.07 Å². The van der Waals surface area contributed by atoms with Gasteiger partial charge in [-0.3, -0.25) is 4.21 Å². The molecular weight excluding hydrogens is 308 g/mol. The van der Waals surface area contributed by atoms with Crippen LogP contribution in [0.4, 0.5) is 0 Å². The summed E-state index contributed by atoms with van der Waals surface area (Å²) in [6, 6.07) is 7.05. The van der Waals surface area contributed by atoms with Gasteiger partial charge >= 0.3 is 0 Å². The summed E-state index contributed by atoms with van der Waals surface area (Å²) in [5.41, 5.74) is 0.963. The normalized spacial score (nSPS) is 18.0. The third-order valence-electron chi connectivity index (χ3n) is 3.43. The van der Waals surface area contributed by atoms with Crippen molar-refractivity contribution in [1.82, 2.24) is 9.62 Å². The molecule has 0 amide bonds. The van der Waals surface area contributed by atoms with Crippen molar-refractivity contribution >= 4 is 20.8 Å². The smallest absolute Gasteiger partial charge is 0.243 e. The first-order valence-electron chi connectivity index (χ1n) is 7.19. The number of nitrogens with zero attached hydrogens (tertiary/aromatic N) is 1. The quantitative estimate of drug-likeness (QED) is 0.788. The minimum Gasteiger partial charge on any atom is -0.313 e. The highest BCUT2D eigenvalue weighted by Crippen LogP contribution is 2.18. The van der Waals surface area contributed by atoms with Crippen molar-refractivity contribution < 1.29 is 12.6 Å². The van der Waals surface area contributed by atoms with Crippen molar-refractivity contribution in [3.05, 3.63) is 29.8 Å². The van der Waals surface area contributed by atoms with Gasteiger partial charge in [-0.2, -0.15) is 4.31 Å². The van der Waals surface area contributed by atoms with Gasteiger partial charge in [0.15, 0.2) is 0 Å². The molecule has 1 aliphatic heterocycles. The van der Waals surface area contributed by atoms with Gasteiger partial charge in [0, 0.05) is 41.9 Å². The Kier molecular flexibility index (Phi) is 5.92. The summed E-state index contributed by atoms with van der Waals surface area (Å²) in [6.07, 6.45) is 1.04. The number of benzene rings is 1. The molecule has 0 aromatic heterocycles. The highest BCUT2D eigenvalue weighted by atomic mass is 32.2. The standard InChI is InChI=1S/C14H22N2O3S2/c1-2-6-15-12-13-4-3-5-14(11-13)21(18,19)16-7-9-20(17)10-8-16/h3-5,11,15H,2,6-10,12H2,1H3. The molecular formula is C14H22N2O3S2. The van der Waals surface area contributed by atoms with Crippen LogP contribution in [0.1, 0.15) is 18.9 Å². The second kappa shape index (κ2) is 7.49. The van der Waals surface area contributed by atoms with Gasteiger partial charge in [0.1, 0.15) is 0 Å². The van der Waals surface area contributed by atoms with Crippen LogP contribution in [0.15, 0.2) is 29.2 Å². The van der Waals surface area contributed by atoms with Crippen LogP contribution in [0.3, 0.4) is 0 Å². The topological polar surface area (TPSA) is 66.5 Å². The highest BCUT2D eigenvalue weighted by molar-refractivity contribution is 7.89. The van der Waals surface area contributed by atoms with E-state index in [1.54, 1.807) is 18.2 Å². The second-order valence-electron chi connectivity index (χ2n) is 5.08. The predicted octanol–water partition coefficient (Wildman–Crippen LogP) is 0.939. The molecule has 21 heavy (non-hydrogen) atoms. The van der Waals surface area contributed by atoms with Crippen LogP contribution in [0.2, 0.25) is 0 Å². The minimum atomic E-state index is -3.47. The number of nitrogens with one attached hydrogen (secondary N) is 1. The molecule has 1 fully saturated rings. The van der Waals surface area contributed by atoms with Crippen LogP contribution in [-0.4, -0.2) is 48.1 Å². The van der Waals surface area contributed by atoms with Crippen LogP contribution in [0.25, 0.3) is 0 Å². The fourth-order valence-electron chi connectivity index (χ4n) is 2.24. The van der Waals surface area contributed by atoms with E-state index in [1.165, 1.54) is 4.31 Å². The Morgan fingerprint density at radius 3 is 2.67 bits per heavy atom. The van der Waals surface area contributed by atoms with E-state index in [9.17, 15) is 12.6 Å². The van der Waals surface area contributed by atoms with Crippen molar-refractivity contribution in [3.63, 3.8) is 0 Å². The van der Waals surface area contributed by atoms with E-state index >= 15 is 0 Å². The summed E-state index contributed by atoms with van der Waals surface area (Å²) in [4.78, 5) is 0.325. The van der Waals surface area contributed by atoms with Gasteiger partial charge in [0.25, 0.3) is 0 Å². The second-order valence-corrected chi connectivity index (χ2v) is 8.71. The van der Waals surface area contributed by atoms with Crippen LogP contribution in [0.5, 0.6) is 0 Å². The van der Waals surface area contributed by atoms with Crippen LogP contribution >= 0.6 is 0 Å². The fourth-order valence-corrected chi connectivity index (χ4v) is 5.03. The van der Waals surface area contributed by atoms with E-state index in [0.29, 0.717) is 36.0 Å². The number of sulfonamides is 1. The summed E-state index contributed by atoms with van der Waals surface area (Å²) in [6.45, 7) is 4.35. The summed E-state index contributed by atoms with van der Waals surface area (Å²) < 4.78 is 38.0. The average molecular weight is 330 g/mol. The number of hydrogen-bond donors (Lipinski definition) is 1. The van der Waals surface area contributed by atoms with Gasteiger partial charge in [-0.05, 0) is 30.7 Å². The molecule has 118 valence electrons. The first-order chi connectivity index (χ1) is 10.0. The van der Waals surface area contributed by atoms with Gasteiger partial charge in [-0.1, -0.05) is 19.1 Å². The first-order valence-corrected chi connectivity index (χ1v) is 10.1. The van der Waals surface area contributed by atoms with Crippen molar-refractivity contribution in [3.8, 4) is 0 Å². The number of rotatable bonds is 6. The molecule has 0 spiro atoms. The largest absolute Gasteiger partial charge is 0.313 e. The zero-order valence-electron chi connectivity index (χ0n) is 12.2. The molecule has 1 saturated heterocycles. The highest BCUT2D eigenvalue weighted by Gasteiger charge is 2.28. The minimum absolute atomic E-state index is 0.325. The molecule has 1 aliphatic rings. The molecule has 0 unspecified atom stereocenters. The van der Waals surface area contributed by atoms with Crippen LogP contribution in [0, 0.1) is 0 Å². The molecule has 0 radical (unpaired) electrons. The summed E-state index contributed by atoms with van der Waals surface area (Å²) in [5, 5.41) is 3.27. The Morgan fingerprint density at radius 1 is 1.29 bits per heavy atom. The lowest BCUT2D eigenvalue weighted by molar-refractivity contribution is 0.438. The summed E-state index contributed by atoms with van der Waals surface area (Å²) in [7, 11) is -4.35. The Hall–Kier alpha value is -0.760. The van der Waals surface area contributed by atoms with E-state index in [4.69, 9.17) is 0 Å². The molecule has 1 heterocycles. The summed E-state index contributed by atoms with van der Waals surface area (Å²) >= 11 is 0. The van der Waals surface area contributed by atoms with Crippen molar-refractivity contribution in [2.24, 2.45) is 0 Å². The molecule has 7 heteroatoms. The Bertz CT molecular complexity index is 592. The monoisotopic (exact) mass is 330 g/mol. The Labute approximate surface area is 129 Å². The fraction of sp³-hybridized carbons (Fsp3) is 0.571. The molecule has 0 atom stereocenters. The molecule has 0 saturated carbocycles. The third-order valence-corrected chi connectivity index (χ3v) is 6.60. The molecule has 0 aliphatic carbocycles. The van der Waals surface area contributed by atoms with E-state index in [2.05, 4.69) is 12.2 Å². The van der Waals surface area contributed by atoms with Crippen molar-refractivity contribution in [2.45, 2.75) is 24.8 Å². The van der Waals surface area contributed by atoms with Gasteiger partial charge < -0.3 is 5.32 Å². The van der Waals surface area contributed by atoms with Gasteiger partial charge in [0.05, 0.1) is 4.90 Å². The van der Waals surface area contributed by atoms with E-state index in [0.717, 1.165) is 18.5 Å². The molecule has 0 bridgehead atoms. The van der Waals surface area contributed by atoms with Crippen molar-refractivity contribution in [2.75, 3.05) is 31.1 Å². The zero-order chi connectivity index (χ0) is 15.3. The lowest BCUT2D eigenvalue weighted by Gasteiger charge is -2.25. The maximum absolute atomic E-state index is 12.6. The molecule has 1 N–H and O–H groups in total. The lowest BCUT2D eigenvalue weighted by Crippen LogP contribution is -2.41. The Morgan fingerprint density at radius 2 is 2.00 bits per heavy atom. The maximum Gasteiger partial charge on any atom is 0.243 e. The van der Waals surface area contributed by atoms with Gasteiger partial charge in [0.2, 0.25) is 10.0 Å². The summed E-state index contributed by atoms with van der Waals surface area (Å²) in [5.74, 6) is 0.855. The zero-order valence-corrected chi connectivity index (χ0v) is 13.9. The molecule has 2 rings (SSSR count). The number of hydrogen-bond acceptors (Lipinski definition) is 4. The van der Waals surface area contributed by atoms with Crippen LogP contribution in [-0.2, 0) is 27.4 Å². The first kappa shape index (κ1) is 16.6. The molecule has 5 nitrogen and oxygen atoms in total. The maximum atomic E-state index is 12.6.